The Kier molecular flexibility index (Phi) is 3.40. The molecule has 1 fully saturated rings. The molecule has 94 valence electrons. The van der Waals surface area contributed by atoms with Crippen LogP contribution in [-0.2, 0) is 9.84 Å². The van der Waals surface area contributed by atoms with Gasteiger partial charge in [0.2, 0.25) is 0 Å². The lowest BCUT2D eigenvalue weighted by Gasteiger charge is -2.26. The summed E-state index contributed by atoms with van der Waals surface area (Å²) in [5, 5.41) is 13.2. The van der Waals surface area contributed by atoms with Gasteiger partial charge in [0.25, 0.3) is 0 Å². The number of hydrogen-bond donors (Lipinski definition) is 2. The highest BCUT2D eigenvalue weighted by Gasteiger charge is 2.24. The van der Waals surface area contributed by atoms with Gasteiger partial charge in [-0.3, -0.25) is 0 Å². The van der Waals surface area contributed by atoms with Crippen LogP contribution in [0.15, 0.2) is 23.1 Å². The Morgan fingerprint density at radius 1 is 1.35 bits per heavy atom. The smallest absolute Gasteiger partial charge is 0.175 e. The molecular weight excluding hydrogens is 238 g/mol. The van der Waals surface area contributed by atoms with Gasteiger partial charge < -0.3 is 10.4 Å². The second-order valence-corrected chi connectivity index (χ2v) is 6.45. The number of rotatable bonds is 2. The van der Waals surface area contributed by atoms with Crippen molar-refractivity contribution in [2.24, 2.45) is 0 Å². The van der Waals surface area contributed by atoms with Crippen molar-refractivity contribution < 1.29 is 13.5 Å². The third-order valence-corrected chi connectivity index (χ3v) is 4.26. The lowest BCUT2D eigenvalue weighted by molar-refractivity contribution is 0.385. The topological polar surface area (TPSA) is 66.4 Å². The summed E-state index contributed by atoms with van der Waals surface area (Å²) in [6, 6.07) is 4.61. The molecule has 1 aromatic rings. The fourth-order valence-electron chi connectivity index (χ4n) is 2.30. The molecule has 0 aromatic heterocycles. The first kappa shape index (κ1) is 12.4. The summed E-state index contributed by atoms with van der Waals surface area (Å²) in [4.78, 5) is 0.233. The van der Waals surface area contributed by atoms with Gasteiger partial charge in [0.05, 0.1) is 4.90 Å². The summed E-state index contributed by atoms with van der Waals surface area (Å²) in [5.41, 5.74) is 0.523. The molecule has 1 aliphatic rings. The zero-order chi connectivity index (χ0) is 12.5. The van der Waals surface area contributed by atoms with E-state index in [0.717, 1.165) is 25.8 Å². The summed E-state index contributed by atoms with van der Waals surface area (Å²) in [5.74, 6) is 0.0623. The van der Waals surface area contributed by atoms with Crippen molar-refractivity contribution in [1.29, 1.82) is 0 Å². The number of nitrogens with one attached hydrogen (secondary N) is 1. The van der Waals surface area contributed by atoms with Crippen LogP contribution in [0.2, 0.25) is 0 Å². The Morgan fingerprint density at radius 3 is 2.71 bits per heavy atom. The zero-order valence-electron chi connectivity index (χ0n) is 9.81. The predicted molar refractivity (Wildman–Crippen MR) is 65.8 cm³/mol. The Hall–Kier alpha value is -1.07. The van der Waals surface area contributed by atoms with E-state index in [1.54, 1.807) is 18.2 Å². The maximum absolute atomic E-state index is 11.7. The van der Waals surface area contributed by atoms with Crippen LogP contribution in [0, 0.1) is 0 Å². The van der Waals surface area contributed by atoms with Crippen LogP contribution in [0.3, 0.4) is 0 Å². The van der Waals surface area contributed by atoms with Gasteiger partial charge in [0.1, 0.15) is 5.75 Å². The van der Waals surface area contributed by atoms with E-state index in [0.29, 0.717) is 5.56 Å². The second-order valence-electron chi connectivity index (χ2n) is 4.46. The highest BCUT2D eigenvalue weighted by molar-refractivity contribution is 7.90. The highest BCUT2D eigenvalue weighted by Crippen LogP contribution is 2.34. The molecule has 0 saturated carbocycles. The molecule has 0 radical (unpaired) electrons. The van der Waals surface area contributed by atoms with Crippen LogP contribution >= 0.6 is 0 Å². The van der Waals surface area contributed by atoms with Crippen LogP contribution in [0.1, 0.15) is 30.9 Å². The van der Waals surface area contributed by atoms with Crippen LogP contribution in [-0.4, -0.2) is 26.3 Å². The van der Waals surface area contributed by atoms with Crippen molar-refractivity contribution in [1.82, 2.24) is 5.32 Å². The van der Waals surface area contributed by atoms with Crippen molar-refractivity contribution in [3.05, 3.63) is 23.8 Å². The average Bonchev–Trinajstić information content (AvgIpc) is 2.28. The molecule has 0 spiro atoms. The van der Waals surface area contributed by atoms with E-state index in [1.165, 1.54) is 6.26 Å². The Bertz CT molecular complexity index is 504. The second kappa shape index (κ2) is 4.66. The average molecular weight is 255 g/mol. The lowest BCUT2D eigenvalue weighted by Crippen LogP contribution is -2.28. The number of phenols is 1. The van der Waals surface area contributed by atoms with Crippen molar-refractivity contribution in [2.45, 2.75) is 30.2 Å². The molecule has 1 unspecified atom stereocenters. The molecule has 2 N–H and O–H groups in total. The molecule has 17 heavy (non-hydrogen) atoms. The number of piperidine rings is 1. The lowest BCUT2D eigenvalue weighted by atomic mass is 9.97. The van der Waals surface area contributed by atoms with Gasteiger partial charge in [-0.15, -0.1) is 0 Å². The largest absolute Gasteiger partial charge is 0.508 e. The van der Waals surface area contributed by atoms with Gasteiger partial charge in [-0.05, 0) is 31.5 Å². The summed E-state index contributed by atoms with van der Waals surface area (Å²) < 4.78 is 23.4. The third-order valence-electron chi connectivity index (χ3n) is 3.10. The third kappa shape index (κ3) is 2.61. The fraction of sp³-hybridized carbons (Fsp3) is 0.500. The zero-order valence-corrected chi connectivity index (χ0v) is 10.6. The molecule has 0 bridgehead atoms. The SMILES string of the molecule is CS(=O)(=O)c1cccc(O)c1C1CCCCN1. The molecule has 2 rings (SSSR count). The molecule has 5 heteroatoms. The minimum Gasteiger partial charge on any atom is -0.508 e. The molecule has 1 heterocycles. The van der Waals surface area contributed by atoms with E-state index in [9.17, 15) is 13.5 Å². The maximum atomic E-state index is 11.7. The van der Waals surface area contributed by atoms with E-state index >= 15 is 0 Å². The first-order valence-electron chi connectivity index (χ1n) is 5.75. The molecule has 1 aromatic carbocycles. The normalized spacial score (nSPS) is 21.4. The molecule has 1 saturated heterocycles. The van der Waals surface area contributed by atoms with E-state index in [2.05, 4.69) is 5.32 Å². The monoisotopic (exact) mass is 255 g/mol. The van der Waals surface area contributed by atoms with E-state index in [1.807, 2.05) is 0 Å². The summed E-state index contributed by atoms with van der Waals surface area (Å²) >= 11 is 0. The Morgan fingerprint density at radius 2 is 2.12 bits per heavy atom. The molecule has 0 amide bonds. The number of phenolic OH excluding ortho intramolecular Hbond substituents is 1. The van der Waals surface area contributed by atoms with Crippen LogP contribution < -0.4 is 5.32 Å². The molecular formula is C12H17NO3S. The molecule has 4 nitrogen and oxygen atoms in total. The predicted octanol–water partition coefficient (Wildman–Crippen LogP) is 1.61. The molecule has 1 atom stereocenters. The number of benzene rings is 1. The summed E-state index contributed by atoms with van der Waals surface area (Å²) in [6.45, 7) is 0.863. The maximum Gasteiger partial charge on any atom is 0.175 e. The number of aromatic hydroxyl groups is 1. The van der Waals surface area contributed by atoms with Gasteiger partial charge in [-0.25, -0.2) is 8.42 Å². The van der Waals surface area contributed by atoms with E-state index < -0.39 is 9.84 Å². The minimum atomic E-state index is -3.31. The van der Waals surface area contributed by atoms with Crippen LogP contribution in [0.4, 0.5) is 0 Å². The minimum absolute atomic E-state index is 0.0605. The van der Waals surface area contributed by atoms with Crippen molar-refractivity contribution in [3.8, 4) is 5.75 Å². The standard InChI is InChI=1S/C12H17NO3S/c1-17(15,16)11-7-4-6-10(14)12(11)9-5-2-3-8-13-9/h4,6-7,9,13-14H,2-3,5,8H2,1H3. The van der Waals surface area contributed by atoms with Gasteiger partial charge in [-0.2, -0.15) is 0 Å². The van der Waals surface area contributed by atoms with Crippen LogP contribution in [0.5, 0.6) is 5.75 Å². The first-order valence-corrected chi connectivity index (χ1v) is 7.64. The van der Waals surface area contributed by atoms with Gasteiger partial charge in [0, 0.05) is 17.9 Å². The first-order chi connectivity index (χ1) is 8.00. The van der Waals surface area contributed by atoms with E-state index in [4.69, 9.17) is 0 Å². The number of hydrogen-bond acceptors (Lipinski definition) is 4. The van der Waals surface area contributed by atoms with E-state index in [-0.39, 0.29) is 16.7 Å². The summed E-state index contributed by atoms with van der Waals surface area (Å²) in [6.07, 6.45) is 4.18. The highest BCUT2D eigenvalue weighted by atomic mass is 32.2. The number of sulfone groups is 1. The Labute approximate surface area is 102 Å². The van der Waals surface area contributed by atoms with Crippen molar-refractivity contribution in [2.75, 3.05) is 12.8 Å². The van der Waals surface area contributed by atoms with Crippen LogP contribution in [0.25, 0.3) is 0 Å². The quantitative estimate of drug-likeness (QED) is 0.842. The summed E-state index contributed by atoms with van der Waals surface area (Å²) in [7, 11) is -3.31. The molecule has 1 aliphatic heterocycles. The molecule has 0 aliphatic carbocycles. The van der Waals surface area contributed by atoms with Gasteiger partial charge >= 0.3 is 0 Å². The van der Waals surface area contributed by atoms with Gasteiger partial charge in [0.15, 0.2) is 9.84 Å². The fourth-order valence-corrected chi connectivity index (χ4v) is 3.28. The van der Waals surface area contributed by atoms with Gasteiger partial charge in [-0.1, -0.05) is 12.5 Å². The Balaban J connectivity index is 2.50. The van der Waals surface area contributed by atoms with Crippen molar-refractivity contribution in [3.63, 3.8) is 0 Å². The van der Waals surface area contributed by atoms with Crippen molar-refractivity contribution >= 4 is 9.84 Å².